The molecule has 0 radical (unpaired) electrons. The fraction of sp³-hybridized carbons (Fsp3) is 0.200. The summed E-state index contributed by atoms with van der Waals surface area (Å²) in [5.74, 6) is -2.18. The van der Waals surface area contributed by atoms with Crippen molar-refractivity contribution in [2.24, 2.45) is 0 Å². The molecule has 0 bridgehead atoms. The van der Waals surface area contributed by atoms with Gasteiger partial charge in [-0.05, 0) is 23.8 Å². The van der Waals surface area contributed by atoms with E-state index >= 15 is 0 Å². The van der Waals surface area contributed by atoms with Crippen molar-refractivity contribution in [3.8, 4) is 0 Å². The second-order valence-electron chi connectivity index (χ2n) is 6.29. The monoisotopic (exact) mass is 365 g/mol. The lowest BCUT2D eigenvalue weighted by molar-refractivity contribution is -0.145. The van der Waals surface area contributed by atoms with E-state index in [-0.39, 0.29) is 29.8 Å². The summed E-state index contributed by atoms with van der Waals surface area (Å²) in [6, 6.07) is 13.3. The summed E-state index contributed by atoms with van der Waals surface area (Å²) in [6.45, 7) is 0.364. The lowest BCUT2D eigenvalue weighted by Gasteiger charge is -2.13. The van der Waals surface area contributed by atoms with Crippen molar-refractivity contribution in [2.45, 2.75) is 19.1 Å². The van der Waals surface area contributed by atoms with Crippen LogP contribution >= 0.6 is 0 Å². The molecule has 0 spiro atoms. The van der Waals surface area contributed by atoms with Gasteiger partial charge < -0.3 is 9.47 Å². The predicted octanol–water partition coefficient (Wildman–Crippen LogP) is 1.96. The van der Waals surface area contributed by atoms with Crippen LogP contribution in [0, 0.1) is 0 Å². The largest absolute Gasteiger partial charge is 0.463 e. The lowest BCUT2D eigenvalue weighted by atomic mass is 10.1. The number of imide groups is 1. The van der Waals surface area contributed by atoms with E-state index in [2.05, 4.69) is 0 Å². The number of ether oxygens (including phenoxy) is 2. The Labute approximate surface area is 154 Å². The molecule has 1 unspecified atom stereocenters. The maximum atomic E-state index is 12.7. The van der Waals surface area contributed by atoms with E-state index in [9.17, 15) is 19.2 Å². The van der Waals surface area contributed by atoms with Crippen molar-refractivity contribution in [1.29, 1.82) is 0 Å². The summed E-state index contributed by atoms with van der Waals surface area (Å²) in [4.78, 5) is 50.0. The van der Waals surface area contributed by atoms with E-state index in [1.807, 2.05) is 30.3 Å². The van der Waals surface area contributed by atoms with Gasteiger partial charge in [-0.3, -0.25) is 14.5 Å². The third kappa shape index (κ3) is 3.08. The number of benzene rings is 2. The molecule has 4 rings (SSSR count). The first kappa shape index (κ1) is 17.0. The average Bonchev–Trinajstić information content (AvgIpc) is 3.19. The highest BCUT2D eigenvalue weighted by Crippen LogP contribution is 2.26. The molecule has 0 saturated carbocycles. The highest BCUT2D eigenvalue weighted by Gasteiger charge is 2.37. The third-order valence-corrected chi connectivity index (χ3v) is 4.53. The van der Waals surface area contributed by atoms with Gasteiger partial charge in [0, 0.05) is 6.42 Å². The summed E-state index contributed by atoms with van der Waals surface area (Å²) in [6.07, 6.45) is -0.629. The van der Waals surface area contributed by atoms with Crippen molar-refractivity contribution in [1.82, 2.24) is 4.90 Å². The van der Waals surface area contributed by atoms with Crippen molar-refractivity contribution < 1.29 is 28.7 Å². The van der Waals surface area contributed by atoms with Crippen molar-refractivity contribution in [2.75, 3.05) is 6.61 Å². The Hall–Kier alpha value is -3.48. The molecule has 0 aromatic heterocycles. The number of esters is 2. The molecule has 27 heavy (non-hydrogen) atoms. The van der Waals surface area contributed by atoms with Crippen LogP contribution in [0.5, 0.6) is 0 Å². The molecule has 0 N–H and O–H groups in total. The van der Waals surface area contributed by atoms with Crippen LogP contribution in [0.3, 0.4) is 0 Å². The number of hydrogen-bond acceptors (Lipinski definition) is 6. The Kier molecular flexibility index (Phi) is 4.19. The molecule has 1 saturated heterocycles. The smallest absolute Gasteiger partial charge is 0.347 e. The Morgan fingerprint density at radius 3 is 2.48 bits per heavy atom. The maximum absolute atomic E-state index is 12.7. The zero-order valence-electron chi connectivity index (χ0n) is 14.2. The highest BCUT2D eigenvalue weighted by molar-refractivity contribution is 6.21. The molecule has 2 aromatic carbocycles. The third-order valence-electron chi connectivity index (χ3n) is 4.53. The van der Waals surface area contributed by atoms with Crippen molar-refractivity contribution in [3.05, 3.63) is 70.8 Å². The maximum Gasteiger partial charge on any atom is 0.347 e. The van der Waals surface area contributed by atoms with Crippen LogP contribution in [0.15, 0.2) is 48.5 Å². The van der Waals surface area contributed by atoms with Crippen LogP contribution in [0.2, 0.25) is 0 Å². The summed E-state index contributed by atoms with van der Waals surface area (Å²) in [5.41, 5.74) is 1.33. The van der Waals surface area contributed by atoms with Gasteiger partial charge in [-0.15, -0.1) is 0 Å². The predicted molar refractivity (Wildman–Crippen MR) is 91.9 cm³/mol. The molecular weight excluding hydrogens is 350 g/mol. The number of hydrogen-bond donors (Lipinski definition) is 0. The van der Waals surface area contributed by atoms with Gasteiger partial charge in [0.05, 0.1) is 29.8 Å². The number of carbonyl (C=O) groups is 4. The molecule has 1 atom stereocenters. The lowest BCUT2D eigenvalue weighted by Crippen LogP contribution is -2.29. The van der Waals surface area contributed by atoms with Crippen LogP contribution < -0.4 is 0 Å². The second kappa shape index (κ2) is 6.68. The molecule has 2 amide bonds. The van der Waals surface area contributed by atoms with E-state index in [0.29, 0.717) is 6.42 Å². The number of amides is 2. The molecule has 2 heterocycles. The number of rotatable bonds is 4. The molecule has 2 aromatic rings. The summed E-state index contributed by atoms with van der Waals surface area (Å²) in [7, 11) is 0. The molecule has 0 aliphatic carbocycles. The fourth-order valence-electron chi connectivity index (χ4n) is 3.11. The van der Waals surface area contributed by atoms with Gasteiger partial charge in [0.25, 0.3) is 11.8 Å². The zero-order valence-corrected chi connectivity index (χ0v) is 14.2. The van der Waals surface area contributed by atoms with Gasteiger partial charge in [-0.2, -0.15) is 0 Å². The minimum Gasteiger partial charge on any atom is -0.463 e. The van der Waals surface area contributed by atoms with Crippen LogP contribution in [-0.2, 0) is 20.8 Å². The van der Waals surface area contributed by atoms with Gasteiger partial charge in [-0.25, -0.2) is 9.59 Å². The van der Waals surface area contributed by atoms with Crippen LogP contribution in [0.4, 0.5) is 0 Å². The Morgan fingerprint density at radius 1 is 1.04 bits per heavy atom. The molecule has 2 aliphatic rings. The number of fused-ring (bicyclic) bond motifs is 1. The van der Waals surface area contributed by atoms with E-state index in [4.69, 9.17) is 9.47 Å². The standard InChI is InChI=1S/C20H15NO6/c22-17-14-7-6-13(19(24)27-16-8-9-26-20(16)25)10-15(14)18(23)21(17)11-12-4-2-1-3-5-12/h1-7,10,16H,8-9,11H2. The molecule has 7 heteroatoms. The quantitative estimate of drug-likeness (QED) is 0.608. The molecule has 1 fully saturated rings. The van der Waals surface area contributed by atoms with E-state index in [1.54, 1.807) is 0 Å². The van der Waals surface area contributed by atoms with Crippen LogP contribution in [0.25, 0.3) is 0 Å². The Morgan fingerprint density at radius 2 is 1.78 bits per heavy atom. The number of cyclic esters (lactones) is 1. The first-order chi connectivity index (χ1) is 13.0. The van der Waals surface area contributed by atoms with Crippen molar-refractivity contribution >= 4 is 23.8 Å². The molecule has 7 nitrogen and oxygen atoms in total. The van der Waals surface area contributed by atoms with Gasteiger partial charge in [-0.1, -0.05) is 30.3 Å². The van der Waals surface area contributed by atoms with Crippen molar-refractivity contribution in [3.63, 3.8) is 0 Å². The Bertz CT molecular complexity index is 952. The minimum atomic E-state index is -0.933. The second-order valence-corrected chi connectivity index (χ2v) is 6.29. The van der Waals surface area contributed by atoms with Crippen LogP contribution in [-0.4, -0.2) is 41.4 Å². The molecule has 136 valence electrons. The fourth-order valence-corrected chi connectivity index (χ4v) is 3.11. The normalized spacial score (nSPS) is 18.4. The zero-order chi connectivity index (χ0) is 19.0. The molecular formula is C20H15NO6. The van der Waals surface area contributed by atoms with E-state index < -0.39 is 29.9 Å². The highest BCUT2D eigenvalue weighted by atomic mass is 16.6. The van der Waals surface area contributed by atoms with Gasteiger partial charge in [0.1, 0.15) is 0 Å². The van der Waals surface area contributed by atoms with E-state index in [0.717, 1.165) is 10.5 Å². The Balaban J connectivity index is 1.55. The van der Waals surface area contributed by atoms with Gasteiger partial charge in [0.15, 0.2) is 0 Å². The summed E-state index contributed by atoms with van der Waals surface area (Å²) < 4.78 is 9.89. The SMILES string of the molecule is O=C(OC1CCOC1=O)c1ccc2c(c1)C(=O)N(Cc1ccccc1)C2=O. The topological polar surface area (TPSA) is 90.0 Å². The number of nitrogens with zero attached hydrogens (tertiary/aromatic N) is 1. The van der Waals surface area contributed by atoms with Gasteiger partial charge >= 0.3 is 11.9 Å². The van der Waals surface area contributed by atoms with E-state index in [1.165, 1.54) is 18.2 Å². The average molecular weight is 365 g/mol. The molecule has 2 aliphatic heterocycles. The van der Waals surface area contributed by atoms with Crippen LogP contribution in [0.1, 0.15) is 43.1 Å². The number of carbonyl (C=O) groups excluding carboxylic acids is 4. The summed E-state index contributed by atoms with van der Waals surface area (Å²) >= 11 is 0. The first-order valence-corrected chi connectivity index (χ1v) is 8.46. The summed E-state index contributed by atoms with van der Waals surface area (Å²) in [5, 5.41) is 0. The van der Waals surface area contributed by atoms with Gasteiger partial charge in [0.2, 0.25) is 6.10 Å². The first-order valence-electron chi connectivity index (χ1n) is 8.46. The minimum absolute atomic E-state index is 0.108.